The molecule has 1 N–H and O–H groups in total. The maximum atomic E-state index is 11.0. The Morgan fingerprint density at radius 3 is 2.45 bits per heavy atom. The van der Waals surface area contributed by atoms with E-state index in [1.165, 1.54) is 11.3 Å². The molecule has 1 fully saturated rings. The lowest BCUT2D eigenvalue weighted by Gasteiger charge is -2.38. The lowest BCUT2D eigenvalue weighted by Crippen LogP contribution is -2.43. The summed E-state index contributed by atoms with van der Waals surface area (Å²) in [6.45, 7) is 3.05. The Bertz CT molecular complexity index is 1170. The summed E-state index contributed by atoms with van der Waals surface area (Å²) in [4.78, 5) is 11.9. The highest BCUT2D eigenvalue weighted by molar-refractivity contribution is 7.19. The maximum Gasteiger partial charge on any atom is 0.281 e. The van der Waals surface area contributed by atoms with Gasteiger partial charge in [0.15, 0.2) is 0 Å². The highest BCUT2D eigenvalue weighted by atomic mass is 35.5. The van der Waals surface area contributed by atoms with Gasteiger partial charge in [-0.2, -0.15) is 0 Å². The summed E-state index contributed by atoms with van der Waals surface area (Å²) in [5, 5.41) is 12.3. The maximum absolute atomic E-state index is 11.0. The molecule has 0 aliphatic carbocycles. The molecule has 3 heterocycles. The number of benzene rings is 2. The molecule has 2 aromatic carbocycles. The molecule has 6 nitrogen and oxygen atoms in total. The Kier molecular flexibility index (Phi) is 6.46. The summed E-state index contributed by atoms with van der Waals surface area (Å²) in [6.07, 6.45) is 3.14. The Hall–Kier alpha value is -2.71. The zero-order valence-electron chi connectivity index (χ0n) is 18.0. The smallest absolute Gasteiger partial charge is 0.281 e. The number of halogens is 1. The first-order valence-corrected chi connectivity index (χ1v) is 12.1. The van der Waals surface area contributed by atoms with Gasteiger partial charge in [-0.05, 0) is 66.9 Å². The quantitative estimate of drug-likeness (QED) is 0.376. The second-order valence-corrected chi connectivity index (χ2v) is 9.49. The highest BCUT2D eigenvalue weighted by Crippen LogP contribution is 2.33. The third-order valence-electron chi connectivity index (χ3n) is 5.92. The Morgan fingerprint density at radius 2 is 1.73 bits per heavy atom. The van der Waals surface area contributed by atoms with Gasteiger partial charge in [-0.3, -0.25) is 4.90 Å². The predicted molar refractivity (Wildman–Crippen MR) is 130 cm³/mol. The standard InChI is InChI=1S/C25H24ClN3O3S/c26-19-5-3-18(4-6-19)25(30)11-14-29(15-12-25)16-17-31-20-7-9-21(10-8-20)32-24-28-22-2-1-13-27-23(22)33-24/h1-10,13,30H,11-12,14-17H2. The molecule has 8 heteroatoms. The van der Waals surface area contributed by atoms with E-state index in [1.54, 1.807) is 6.20 Å². The molecule has 0 amide bonds. The molecule has 5 rings (SSSR count). The molecule has 2 aromatic heterocycles. The van der Waals surface area contributed by atoms with Crippen molar-refractivity contribution in [3.8, 4) is 16.7 Å². The Balaban J connectivity index is 1.08. The SMILES string of the molecule is OC1(c2ccc(Cl)cc2)CCN(CCOc2ccc(Oc3nc4cccnc4s3)cc2)CC1. The Labute approximate surface area is 201 Å². The fourth-order valence-electron chi connectivity index (χ4n) is 3.99. The van der Waals surface area contributed by atoms with Crippen molar-refractivity contribution in [3.05, 3.63) is 77.4 Å². The number of pyridine rings is 1. The molecule has 0 saturated carbocycles. The summed E-state index contributed by atoms with van der Waals surface area (Å²) in [6, 6.07) is 18.8. The summed E-state index contributed by atoms with van der Waals surface area (Å²) >= 11 is 7.39. The predicted octanol–water partition coefficient (Wildman–Crippen LogP) is 5.50. The van der Waals surface area contributed by atoms with Gasteiger partial charge in [-0.15, -0.1) is 0 Å². The van der Waals surface area contributed by atoms with Gasteiger partial charge in [0.1, 0.15) is 28.5 Å². The van der Waals surface area contributed by atoms with Gasteiger partial charge in [0.05, 0.1) is 5.60 Å². The van der Waals surface area contributed by atoms with E-state index in [0.717, 1.165) is 41.3 Å². The summed E-state index contributed by atoms with van der Waals surface area (Å²) in [5.41, 5.74) is 0.992. The number of aromatic nitrogens is 2. The zero-order chi connectivity index (χ0) is 22.7. The van der Waals surface area contributed by atoms with Crippen molar-refractivity contribution >= 4 is 33.3 Å². The van der Waals surface area contributed by atoms with Crippen LogP contribution in [0, 0.1) is 0 Å². The minimum absolute atomic E-state index is 0.570. The van der Waals surface area contributed by atoms with E-state index in [2.05, 4.69) is 14.9 Å². The first kappa shape index (κ1) is 22.1. The van der Waals surface area contributed by atoms with E-state index in [0.29, 0.717) is 35.4 Å². The van der Waals surface area contributed by atoms with Crippen LogP contribution in [0.3, 0.4) is 0 Å². The number of ether oxygens (including phenoxy) is 2. The molecule has 1 saturated heterocycles. The fraction of sp³-hybridized carbons (Fsp3) is 0.280. The first-order valence-electron chi connectivity index (χ1n) is 10.9. The van der Waals surface area contributed by atoms with E-state index >= 15 is 0 Å². The highest BCUT2D eigenvalue weighted by Gasteiger charge is 2.33. The lowest BCUT2D eigenvalue weighted by molar-refractivity contribution is -0.0278. The van der Waals surface area contributed by atoms with Crippen LogP contribution in [0.2, 0.25) is 5.02 Å². The van der Waals surface area contributed by atoms with Crippen LogP contribution >= 0.6 is 22.9 Å². The minimum atomic E-state index is -0.781. The van der Waals surface area contributed by atoms with Crippen LogP contribution in [0.5, 0.6) is 16.7 Å². The van der Waals surface area contributed by atoms with E-state index < -0.39 is 5.60 Å². The van der Waals surface area contributed by atoms with Gasteiger partial charge in [-0.1, -0.05) is 35.1 Å². The molecule has 4 aromatic rings. The summed E-state index contributed by atoms with van der Waals surface area (Å²) in [5.74, 6) is 1.50. The van der Waals surface area contributed by atoms with Crippen LogP contribution in [0.4, 0.5) is 0 Å². The van der Waals surface area contributed by atoms with Gasteiger partial charge in [0.2, 0.25) is 0 Å². The lowest BCUT2D eigenvalue weighted by atomic mass is 9.84. The Morgan fingerprint density at radius 1 is 1.00 bits per heavy atom. The molecule has 0 bridgehead atoms. The fourth-order valence-corrected chi connectivity index (χ4v) is 4.89. The topological polar surface area (TPSA) is 67.7 Å². The van der Waals surface area contributed by atoms with Crippen molar-refractivity contribution < 1.29 is 14.6 Å². The summed E-state index contributed by atoms with van der Waals surface area (Å²) < 4.78 is 11.8. The second-order valence-electron chi connectivity index (χ2n) is 8.11. The van der Waals surface area contributed by atoms with E-state index in [1.807, 2.05) is 60.7 Å². The van der Waals surface area contributed by atoms with E-state index in [4.69, 9.17) is 21.1 Å². The largest absolute Gasteiger partial charge is 0.492 e. The second kappa shape index (κ2) is 9.65. The third-order valence-corrected chi connectivity index (χ3v) is 7.03. The molecule has 33 heavy (non-hydrogen) atoms. The van der Waals surface area contributed by atoms with Gasteiger partial charge in [0, 0.05) is 30.9 Å². The number of hydrogen-bond acceptors (Lipinski definition) is 7. The molecule has 0 unspecified atom stereocenters. The van der Waals surface area contributed by atoms with Crippen molar-refractivity contribution in [3.63, 3.8) is 0 Å². The average Bonchev–Trinajstić information content (AvgIpc) is 3.24. The van der Waals surface area contributed by atoms with Gasteiger partial charge in [0.25, 0.3) is 5.19 Å². The number of thiazole rings is 1. The van der Waals surface area contributed by atoms with Crippen LogP contribution in [-0.2, 0) is 5.60 Å². The number of hydrogen-bond donors (Lipinski definition) is 1. The molecule has 0 spiro atoms. The zero-order valence-corrected chi connectivity index (χ0v) is 19.6. The minimum Gasteiger partial charge on any atom is -0.492 e. The molecular weight excluding hydrogens is 458 g/mol. The van der Waals surface area contributed by atoms with Crippen LogP contribution in [0.25, 0.3) is 10.3 Å². The van der Waals surface area contributed by atoms with E-state index in [9.17, 15) is 5.11 Å². The number of fused-ring (bicyclic) bond motifs is 1. The molecule has 170 valence electrons. The molecule has 0 atom stereocenters. The summed E-state index contributed by atoms with van der Waals surface area (Å²) in [7, 11) is 0. The van der Waals surface area contributed by atoms with Crippen LogP contribution in [0.1, 0.15) is 18.4 Å². The van der Waals surface area contributed by atoms with E-state index in [-0.39, 0.29) is 0 Å². The van der Waals surface area contributed by atoms with Crippen LogP contribution in [-0.4, -0.2) is 46.2 Å². The number of likely N-dealkylation sites (tertiary alicyclic amines) is 1. The normalized spacial score (nSPS) is 16.1. The number of piperidine rings is 1. The number of rotatable bonds is 7. The van der Waals surface area contributed by atoms with Crippen LogP contribution < -0.4 is 9.47 Å². The average molecular weight is 482 g/mol. The molecule has 1 aliphatic rings. The number of aliphatic hydroxyl groups is 1. The van der Waals surface area contributed by atoms with Crippen LogP contribution in [0.15, 0.2) is 66.9 Å². The van der Waals surface area contributed by atoms with Gasteiger partial charge < -0.3 is 14.6 Å². The molecule has 0 radical (unpaired) electrons. The van der Waals surface area contributed by atoms with Crippen molar-refractivity contribution in [2.24, 2.45) is 0 Å². The third kappa shape index (κ3) is 5.28. The molecule has 1 aliphatic heterocycles. The molecular formula is C25H24ClN3O3S. The van der Waals surface area contributed by atoms with Crippen molar-refractivity contribution in [2.45, 2.75) is 18.4 Å². The van der Waals surface area contributed by atoms with Gasteiger partial charge in [-0.25, -0.2) is 9.97 Å². The number of nitrogens with zero attached hydrogens (tertiary/aromatic N) is 3. The van der Waals surface area contributed by atoms with Gasteiger partial charge >= 0.3 is 0 Å². The van der Waals surface area contributed by atoms with Crippen molar-refractivity contribution in [1.29, 1.82) is 0 Å². The first-order chi connectivity index (χ1) is 16.1. The monoisotopic (exact) mass is 481 g/mol. The van der Waals surface area contributed by atoms with Crippen molar-refractivity contribution in [1.82, 2.24) is 14.9 Å². The van der Waals surface area contributed by atoms with Crippen molar-refractivity contribution in [2.75, 3.05) is 26.2 Å².